The van der Waals surface area contributed by atoms with Gasteiger partial charge in [0.05, 0.1) is 34.7 Å². The predicted molar refractivity (Wildman–Crippen MR) is 174 cm³/mol. The van der Waals surface area contributed by atoms with E-state index in [1.165, 1.54) is 41.5 Å². The van der Waals surface area contributed by atoms with Crippen molar-refractivity contribution < 1.29 is 67.0 Å². The van der Waals surface area contributed by atoms with Gasteiger partial charge in [-0.05, 0) is 44.1 Å². The van der Waals surface area contributed by atoms with Gasteiger partial charge in [0.15, 0.2) is 17.8 Å². The number of carbonyl (C=O) groups is 6. The molecule has 1 aliphatic heterocycles. The number of carbonyl (C=O) groups excluding carboxylic acids is 6. The zero-order valence-corrected chi connectivity index (χ0v) is 30.3. The third kappa shape index (κ3) is 6.19. The van der Waals surface area contributed by atoms with Gasteiger partial charge in [-0.1, -0.05) is 25.1 Å². The van der Waals surface area contributed by atoms with Gasteiger partial charge < -0.3 is 38.3 Å². The Morgan fingerprint density at radius 3 is 1.88 bits per heavy atom. The van der Waals surface area contributed by atoms with Crippen LogP contribution in [0.4, 0.5) is 0 Å². The maximum Gasteiger partial charge on any atom is 0.338 e. The van der Waals surface area contributed by atoms with Crippen LogP contribution in [0.1, 0.15) is 85.5 Å². The lowest BCUT2D eigenvalue weighted by Gasteiger charge is -2.57. The molecule has 4 aliphatic rings. The first-order chi connectivity index (χ1) is 23.7. The molecule has 51 heavy (non-hydrogen) atoms. The van der Waals surface area contributed by atoms with Gasteiger partial charge in [0.1, 0.15) is 18.3 Å². The average molecular weight is 715 g/mol. The van der Waals surface area contributed by atoms with Crippen LogP contribution < -0.4 is 0 Å². The standard InChI is InChI=1S/C37H46O14/c1-18-25(46-19(2)38)16-36(34(7,8)44)28(18)29(49-22(5)41)31(50-23(6)42)35(9)26(47-20(3)39)15-27(48-21(4)40)37(17-45-32(36)30(35)37)51-33(43)24-13-11-10-12-14-24/h10-14,25-27,29-32,44H,15-17H2,1-9H3/t25-,26-,27-,29+,30-,31-,32-,35+,36-,37-/m0/s1. The molecule has 0 aromatic heterocycles. The highest BCUT2D eigenvalue weighted by molar-refractivity contribution is 5.89. The quantitative estimate of drug-likeness (QED) is 0.235. The van der Waals surface area contributed by atoms with E-state index >= 15 is 0 Å². The van der Waals surface area contributed by atoms with Gasteiger partial charge in [-0.25, -0.2) is 4.79 Å². The molecular weight excluding hydrogens is 668 g/mol. The molecule has 14 heteroatoms. The Hall–Kier alpha value is -4.30. The fourth-order valence-corrected chi connectivity index (χ4v) is 9.36. The van der Waals surface area contributed by atoms with E-state index in [-0.39, 0.29) is 30.6 Å². The third-order valence-electron chi connectivity index (χ3n) is 11.1. The number of hydrogen-bond donors (Lipinski definition) is 1. The summed E-state index contributed by atoms with van der Waals surface area (Å²) in [4.78, 5) is 78.2. The Labute approximate surface area is 296 Å². The zero-order valence-electron chi connectivity index (χ0n) is 30.3. The molecule has 14 nitrogen and oxygen atoms in total. The van der Waals surface area contributed by atoms with Crippen molar-refractivity contribution >= 4 is 35.8 Å². The van der Waals surface area contributed by atoms with Gasteiger partial charge in [0, 0.05) is 53.4 Å². The predicted octanol–water partition coefficient (Wildman–Crippen LogP) is 3.16. The van der Waals surface area contributed by atoms with E-state index in [1.54, 1.807) is 44.2 Å². The Morgan fingerprint density at radius 1 is 0.804 bits per heavy atom. The summed E-state index contributed by atoms with van der Waals surface area (Å²) in [6.45, 7) is 12.0. The number of benzene rings is 1. The van der Waals surface area contributed by atoms with Crippen molar-refractivity contribution in [3.63, 3.8) is 0 Å². The summed E-state index contributed by atoms with van der Waals surface area (Å²) in [5.41, 5.74) is -5.97. The Bertz CT molecular complexity index is 1640. The van der Waals surface area contributed by atoms with Crippen molar-refractivity contribution in [2.75, 3.05) is 6.61 Å². The molecule has 0 spiro atoms. The van der Waals surface area contributed by atoms with Crippen LogP contribution in [0.25, 0.3) is 0 Å². The minimum atomic E-state index is -1.85. The molecule has 0 amide bonds. The summed E-state index contributed by atoms with van der Waals surface area (Å²) >= 11 is 0. The summed E-state index contributed by atoms with van der Waals surface area (Å²) in [6, 6.07) is 8.11. The van der Waals surface area contributed by atoms with Crippen molar-refractivity contribution in [3.8, 4) is 0 Å². The first kappa shape index (κ1) is 37.9. The van der Waals surface area contributed by atoms with Crippen LogP contribution in [0, 0.1) is 16.7 Å². The topological polar surface area (TPSA) is 187 Å². The van der Waals surface area contributed by atoms with Crippen LogP contribution in [0.2, 0.25) is 0 Å². The minimum absolute atomic E-state index is 0.0851. The molecule has 3 aliphatic carbocycles. The van der Waals surface area contributed by atoms with Gasteiger partial charge in [-0.3, -0.25) is 24.0 Å². The smallest absolute Gasteiger partial charge is 0.338 e. The molecule has 0 bridgehead atoms. The molecule has 0 radical (unpaired) electrons. The molecule has 2 saturated carbocycles. The fraction of sp³-hybridized carbons (Fsp3) is 0.622. The van der Waals surface area contributed by atoms with Crippen LogP contribution in [0.15, 0.2) is 41.5 Å². The Morgan fingerprint density at radius 2 is 1.35 bits per heavy atom. The maximum atomic E-state index is 14.1. The van der Waals surface area contributed by atoms with Crippen LogP contribution in [0.5, 0.6) is 0 Å². The fourth-order valence-electron chi connectivity index (χ4n) is 9.36. The van der Waals surface area contributed by atoms with Gasteiger partial charge in [-0.15, -0.1) is 0 Å². The maximum absolute atomic E-state index is 14.1. The van der Waals surface area contributed by atoms with Gasteiger partial charge in [0.2, 0.25) is 0 Å². The zero-order chi connectivity index (χ0) is 37.8. The van der Waals surface area contributed by atoms with Crippen molar-refractivity contribution in [1.82, 2.24) is 0 Å². The monoisotopic (exact) mass is 714 g/mol. The lowest BCUT2D eigenvalue weighted by Crippen LogP contribution is -2.71. The first-order valence-corrected chi connectivity index (χ1v) is 16.9. The second kappa shape index (κ2) is 13.4. The molecular formula is C37H46O14. The van der Waals surface area contributed by atoms with E-state index in [0.29, 0.717) is 5.57 Å². The molecule has 0 unspecified atom stereocenters. The number of aliphatic hydroxyl groups is 1. The highest BCUT2D eigenvalue weighted by Crippen LogP contribution is 2.70. The highest BCUT2D eigenvalue weighted by Gasteiger charge is 2.81. The minimum Gasteiger partial charge on any atom is -0.462 e. The van der Waals surface area contributed by atoms with E-state index in [2.05, 4.69) is 0 Å². The normalized spacial score (nSPS) is 35.4. The van der Waals surface area contributed by atoms with Gasteiger partial charge in [0.25, 0.3) is 0 Å². The molecule has 5 rings (SSSR count). The van der Waals surface area contributed by atoms with Crippen molar-refractivity contribution in [2.24, 2.45) is 16.7 Å². The summed E-state index contributed by atoms with van der Waals surface area (Å²) in [5, 5.41) is 12.4. The van der Waals surface area contributed by atoms with E-state index in [0.717, 1.165) is 6.92 Å². The Kier molecular flexibility index (Phi) is 9.93. The SMILES string of the molecule is CC(=O)O[C@H]1C[C@]2(C(C)(C)O)C(=C1C)[C@@H](OC(C)=O)[C@H](OC(C)=O)[C@]1(C)[C@@H](OC(C)=O)C[C@H](OC(C)=O)[C@@]3(OC(=O)c4ccccc4)CO[C@H]2[C@H]31. The summed E-state index contributed by atoms with van der Waals surface area (Å²) in [6.07, 6.45) is -7.91. The number of rotatable bonds is 8. The van der Waals surface area contributed by atoms with E-state index in [1.807, 2.05) is 0 Å². The number of ether oxygens (including phenoxy) is 7. The van der Waals surface area contributed by atoms with Crippen LogP contribution >= 0.6 is 0 Å². The van der Waals surface area contributed by atoms with Crippen molar-refractivity contribution in [1.29, 1.82) is 0 Å². The summed E-state index contributed by atoms with van der Waals surface area (Å²) < 4.78 is 43.1. The Balaban J connectivity index is 1.92. The molecule has 1 aromatic rings. The molecule has 1 saturated heterocycles. The first-order valence-electron chi connectivity index (χ1n) is 16.9. The van der Waals surface area contributed by atoms with Gasteiger partial charge in [-0.2, -0.15) is 0 Å². The van der Waals surface area contributed by atoms with Crippen LogP contribution in [-0.4, -0.2) is 95.4 Å². The average Bonchev–Trinajstić information content (AvgIpc) is 3.51. The molecule has 1 N–H and O–H groups in total. The molecule has 1 heterocycles. The molecule has 3 fully saturated rings. The van der Waals surface area contributed by atoms with Crippen LogP contribution in [-0.2, 0) is 57.1 Å². The van der Waals surface area contributed by atoms with Crippen molar-refractivity contribution in [3.05, 3.63) is 47.0 Å². The van der Waals surface area contributed by atoms with E-state index in [4.69, 9.17) is 33.2 Å². The largest absolute Gasteiger partial charge is 0.462 e. The lowest BCUT2D eigenvalue weighted by molar-refractivity contribution is -0.253. The van der Waals surface area contributed by atoms with Crippen LogP contribution in [0.3, 0.4) is 0 Å². The second-order valence-electron chi connectivity index (χ2n) is 14.7. The molecule has 278 valence electrons. The summed E-state index contributed by atoms with van der Waals surface area (Å²) in [7, 11) is 0. The van der Waals surface area contributed by atoms with E-state index in [9.17, 15) is 33.9 Å². The van der Waals surface area contributed by atoms with Crippen molar-refractivity contribution in [2.45, 2.75) is 123 Å². The highest BCUT2D eigenvalue weighted by atomic mass is 16.6. The second-order valence-corrected chi connectivity index (χ2v) is 14.7. The van der Waals surface area contributed by atoms with E-state index < -0.39 is 100 Å². The number of fused-ring (bicyclic) bond motifs is 2. The number of hydrogen-bond acceptors (Lipinski definition) is 14. The lowest BCUT2D eigenvalue weighted by atomic mass is 9.52. The third-order valence-corrected chi connectivity index (χ3v) is 11.1. The van der Waals surface area contributed by atoms with Gasteiger partial charge >= 0.3 is 35.8 Å². The summed E-state index contributed by atoms with van der Waals surface area (Å²) in [5.74, 6) is -5.60. The molecule has 10 atom stereocenters. The number of esters is 6. The molecule has 1 aromatic carbocycles.